The molecule has 4 heteroatoms. The van der Waals surface area contributed by atoms with Crippen LogP contribution < -0.4 is 5.32 Å². The van der Waals surface area contributed by atoms with Crippen LogP contribution in [0.4, 0.5) is 0 Å². The van der Waals surface area contributed by atoms with Gasteiger partial charge >= 0.3 is 0 Å². The van der Waals surface area contributed by atoms with Crippen LogP contribution in [0.3, 0.4) is 0 Å². The van der Waals surface area contributed by atoms with Crippen molar-refractivity contribution in [2.75, 3.05) is 0 Å². The minimum absolute atomic E-state index is 0.00289. The van der Waals surface area contributed by atoms with E-state index in [0.717, 1.165) is 10.0 Å². The van der Waals surface area contributed by atoms with Gasteiger partial charge in [-0.3, -0.25) is 4.79 Å². The van der Waals surface area contributed by atoms with E-state index >= 15 is 0 Å². The van der Waals surface area contributed by atoms with Crippen LogP contribution in [-0.2, 0) is 4.79 Å². The van der Waals surface area contributed by atoms with E-state index in [2.05, 4.69) is 37.2 Å². The number of halogens is 2. The van der Waals surface area contributed by atoms with Gasteiger partial charge in [0, 0.05) is 4.47 Å². The highest BCUT2D eigenvalue weighted by Crippen LogP contribution is 2.23. The molecule has 0 spiro atoms. The van der Waals surface area contributed by atoms with Crippen molar-refractivity contribution in [2.24, 2.45) is 5.92 Å². The molecule has 0 radical (unpaired) electrons. The first-order chi connectivity index (χ1) is 7.93. The number of hydrogen-bond donors (Lipinski definition) is 1. The summed E-state index contributed by atoms with van der Waals surface area (Å²) in [5.74, 6) is 0.310. The second kappa shape index (κ2) is 6.55. The summed E-state index contributed by atoms with van der Waals surface area (Å²) in [5, 5.41) is 3.00. The lowest BCUT2D eigenvalue weighted by Gasteiger charge is -2.19. The third kappa shape index (κ3) is 4.11. The Labute approximate surface area is 119 Å². The van der Waals surface area contributed by atoms with E-state index in [1.165, 1.54) is 0 Å². The SMILES string of the molecule is CC(C)C(Br)C(=O)N[C@@H](C)c1ccccc1Br. The van der Waals surface area contributed by atoms with E-state index in [4.69, 9.17) is 0 Å². The fraction of sp³-hybridized carbons (Fsp3) is 0.462. The zero-order valence-electron chi connectivity index (χ0n) is 10.2. The van der Waals surface area contributed by atoms with Crippen molar-refractivity contribution in [3.05, 3.63) is 34.3 Å². The molecular formula is C13H17Br2NO. The lowest BCUT2D eigenvalue weighted by atomic mass is 10.1. The molecule has 0 saturated heterocycles. The van der Waals surface area contributed by atoms with E-state index in [0.29, 0.717) is 0 Å². The van der Waals surface area contributed by atoms with Crippen molar-refractivity contribution in [3.63, 3.8) is 0 Å². The first-order valence-electron chi connectivity index (χ1n) is 5.62. The summed E-state index contributed by atoms with van der Waals surface area (Å²) in [4.78, 5) is 11.8. The van der Waals surface area contributed by atoms with Gasteiger partial charge in [0.15, 0.2) is 0 Å². The molecule has 1 rings (SSSR count). The predicted molar refractivity (Wildman–Crippen MR) is 78.3 cm³/mol. The topological polar surface area (TPSA) is 29.1 Å². The van der Waals surface area contributed by atoms with Crippen LogP contribution in [0.1, 0.15) is 32.4 Å². The summed E-state index contributed by atoms with van der Waals surface area (Å²) in [6.45, 7) is 6.02. The van der Waals surface area contributed by atoms with Crippen molar-refractivity contribution in [2.45, 2.75) is 31.6 Å². The highest BCUT2D eigenvalue weighted by Gasteiger charge is 2.21. The Morgan fingerprint density at radius 1 is 1.24 bits per heavy atom. The van der Waals surface area contributed by atoms with Gasteiger partial charge in [-0.1, -0.05) is 63.9 Å². The highest BCUT2D eigenvalue weighted by molar-refractivity contribution is 9.10. The number of carbonyl (C=O) groups excluding carboxylic acids is 1. The molecule has 1 N–H and O–H groups in total. The molecule has 0 bridgehead atoms. The maximum Gasteiger partial charge on any atom is 0.234 e. The number of hydrogen-bond acceptors (Lipinski definition) is 1. The molecule has 0 aliphatic carbocycles. The molecule has 0 saturated carbocycles. The maximum absolute atomic E-state index is 11.9. The van der Waals surface area contributed by atoms with Crippen molar-refractivity contribution < 1.29 is 4.79 Å². The number of nitrogens with one attached hydrogen (secondary N) is 1. The molecule has 1 aromatic carbocycles. The van der Waals surface area contributed by atoms with E-state index in [1.807, 2.05) is 45.0 Å². The normalized spacial score (nSPS) is 14.5. The second-order valence-corrected chi connectivity index (χ2v) is 6.24. The molecule has 0 heterocycles. The Bertz CT molecular complexity index is 393. The summed E-state index contributed by atoms with van der Waals surface area (Å²) in [7, 11) is 0. The largest absolute Gasteiger partial charge is 0.349 e. The average Bonchev–Trinajstić information content (AvgIpc) is 2.28. The minimum atomic E-state index is -0.146. The molecule has 17 heavy (non-hydrogen) atoms. The third-order valence-electron chi connectivity index (χ3n) is 2.57. The Morgan fingerprint density at radius 3 is 2.35 bits per heavy atom. The molecule has 1 amide bonds. The van der Waals surface area contributed by atoms with Crippen LogP contribution in [0.2, 0.25) is 0 Å². The van der Waals surface area contributed by atoms with E-state index in [9.17, 15) is 4.79 Å². The van der Waals surface area contributed by atoms with Crippen LogP contribution in [0.25, 0.3) is 0 Å². The third-order valence-corrected chi connectivity index (χ3v) is 4.76. The zero-order valence-corrected chi connectivity index (χ0v) is 13.4. The number of benzene rings is 1. The number of amides is 1. The van der Waals surface area contributed by atoms with Gasteiger partial charge in [0.1, 0.15) is 0 Å². The summed E-state index contributed by atoms with van der Waals surface area (Å²) in [5.41, 5.74) is 1.09. The smallest absolute Gasteiger partial charge is 0.234 e. The molecule has 1 unspecified atom stereocenters. The fourth-order valence-electron chi connectivity index (χ4n) is 1.50. The molecule has 2 atom stereocenters. The Morgan fingerprint density at radius 2 is 1.82 bits per heavy atom. The minimum Gasteiger partial charge on any atom is -0.349 e. The zero-order chi connectivity index (χ0) is 13.0. The van der Waals surface area contributed by atoms with Gasteiger partial charge in [0.2, 0.25) is 5.91 Å². The maximum atomic E-state index is 11.9. The molecule has 0 aliphatic heterocycles. The van der Waals surface area contributed by atoms with E-state index in [1.54, 1.807) is 0 Å². The first-order valence-corrected chi connectivity index (χ1v) is 7.33. The Kier molecular flexibility index (Phi) is 5.67. The van der Waals surface area contributed by atoms with Crippen LogP contribution in [0.5, 0.6) is 0 Å². The predicted octanol–water partition coefficient (Wildman–Crippen LogP) is 4.05. The van der Waals surface area contributed by atoms with Gasteiger partial charge in [-0.25, -0.2) is 0 Å². The lowest BCUT2D eigenvalue weighted by Crippen LogP contribution is -2.35. The van der Waals surface area contributed by atoms with Crippen molar-refractivity contribution in [1.29, 1.82) is 0 Å². The van der Waals surface area contributed by atoms with Crippen molar-refractivity contribution >= 4 is 37.8 Å². The van der Waals surface area contributed by atoms with Gasteiger partial charge < -0.3 is 5.32 Å². The average molecular weight is 363 g/mol. The molecule has 94 valence electrons. The highest BCUT2D eigenvalue weighted by atomic mass is 79.9. The number of carbonyl (C=O) groups is 1. The van der Waals surface area contributed by atoms with Crippen LogP contribution in [0.15, 0.2) is 28.7 Å². The second-order valence-electron chi connectivity index (χ2n) is 4.40. The summed E-state index contributed by atoms with van der Waals surface area (Å²) >= 11 is 6.89. The Balaban J connectivity index is 2.70. The van der Waals surface area contributed by atoms with E-state index in [-0.39, 0.29) is 22.7 Å². The van der Waals surface area contributed by atoms with Crippen molar-refractivity contribution in [1.82, 2.24) is 5.32 Å². The number of rotatable bonds is 4. The molecular weight excluding hydrogens is 346 g/mol. The van der Waals surface area contributed by atoms with Crippen LogP contribution in [0, 0.1) is 5.92 Å². The van der Waals surface area contributed by atoms with Crippen LogP contribution in [-0.4, -0.2) is 10.7 Å². The molecule has 0 aromatic heterocycles. The number of alkyl halides is 1. The summed E-state index contributed by atoms with van der Waals surface area (Å²) < 4.78 is 1.02. The molecule has 1 aromatic rings. The molecule has 0 fully saturated rings. The van der Waals surface area contributed by atoms with Crippen molar-refractivity contribution in [3.8, 4) is 0 Å². The van der Waals surface area contributed by atoms with Gasteiger partial charge in [-0.2, -0.15) is 0 Å². The summed E-state index contributed by atoms with van der Waals surface area (Å²) in [6.07, 6.45) is 0. The fourth-order valence-corrected chi connectivity index (χ4v) is 2.26. The van der Waals surface area contributed by atoms with Gasteiger partial charge in [0.05, 0.1) is 10.9 Å². The lowest BCUT2D eigenvalue weighted by molar-refractivity contribution is -0.121. The molecule has 2 nitrogen and oxygen atoms in total. The Hall–Kier alpha value is -0.350. The van der Waals surface area contributed by atoms with E-state index < -0.39 is 0 Å². The first kappa shape index (κ1) is 14.7. The van der Waals surface area contributed by atoms with Gasteiger partial charge in [-0.05, 0) is 24.5 Å². The standard InChI is InChI=1S/C13H17Br2NO/c1-8(2)12(15)13(17)16-9(3)10-6-4-5-7-11(10)14/h4-9,12H,1-3H3,(H,16,17)/t9-,12?/m0/s1. The molecule has 0 aliphatic rings. The van der Waals surface area contributed by atoms with Gasteiger partial charge in [0.25, 0.3) is 0 Å². The van der Waals surface area contributed by atoms with Crippen LogP contribution >= 0.6 is 31.9 Å². The van der Waals surface area contributed by atoms with Gasteiger partial charge in [-0.15, -0.1) is 0 Å². The summed E-state index contributed by atoms with van der Waals surface area (Å²) in [6, 6.07) is 7.91. The monoisotopic (exact) mass is 361 g/mol. The quantitative estimate of drug-likeness (QED) is 0.804.